The standard InChI is InChI=1S/C18H13F3OS/c1-22-15-8-4-13(5-9-15)17-11-10-16(23-17)12-2-6-14(7-3-12)18(19,20)21/h2-11H,1H3. The third kappa shape index (κ3) is 3.40. The molecule has 0 amide bonds. The van der Waals surface area contributed by atoms with Crippen molar-refractivity contribution in [1.82, 2.24) is 0 Å². The lowest BCUT2D eigenvalue weighted by Crippen LogP contribution is -2.03. The summed E-state index contributed by atoms with van der Waals surface area (Å²) in [5.74, 6) is 0.785. The third-order valence-corrected chi connectivity index (χ3v) is 4.66. The van der Waals surface area contributed by atoms with E-state index < -0.39 is 11.7 Å². The van der Waals surface area contributed by atoms with E-state index in [1.807, 2.05) is 36.4 Å². The lowest BCUT2D eigenvalue weighted by molar-refractivity contribution is -0.137. The number of hydrogen-bond acceptors (Lipinski definition) is 2. The largest absolute Gasteiger partial charge is 0.497 e. The summed E-state index contributed by atoms with van der Waals surface area (Å²) in [4.78, 5) is 1.99. The van der Waals surface area contributed by atoms with Gasteiger partial charge in [-0.25, -0.2) is 0 Å². The number of rotatable bonds is 3. The first-order valence-electron chi connectivity index (χ1n) is 6.89. The summed E-state index contributed by atoms with van der Waals surface area (Å²) in [7, 11) is 1.61. The van der Waals surface area contributed by atoms with Crippen LogP contribution in [-0.4, -0.2) is 7.11 Å². The first-order valence-corrected chi connectivity index (χ1v) is 7.71. The first kappa shape index (κ1) is 15.6. The molecule has 0 aliphatic heterocycles. The predicted molar refractivity (Wildman–Crippen MR) is 86.7 cm³/mol. The van der Waals surface area contributed by atoms with Gasteiger partial charge in [-0.2, -0.15) is 13.2 Å². The van der Waals surface area contributed by atoms with Gasteiger partial charge in [-0.05, 0) is 59.7 Å². The number of halogens is 3. The summed E-state index contributed by atoms with van der Waals surface area (Å²) in [6.45, 7) is 0. The van der Waals surface area contributed by atoms with Gasteiger partial charge in [0.25, 0.3) is 0 Å². The van der Waals surface area contributed by atoms with Crippen molar-refractivity contribution in [3.63, 3.8) is 0 Å². The summed E-state index contributed by atoms with van der Waals surface area (Å²) in [6, 6.07) is 16.8. The number of benzene rings is 2. The third-order valence-electron chi connectivity index (χ3n) is 3.48. The molecule has 0 saturated heterocycles. The summed E-state index contributed by atoms with van der Waals surface area (Å²) in [5, 5.41) is 0. The van der Waals surface area contributed by atoms with Gasteiger partial charge >= 0.3 is 6.18 Å². The molecular formula is C18H13F3OS. The highest BCUT2D eigenvalue weighted by Crippen LogP contribution is 2.36. The Morgan fingerprint density at radius 1 is 0.739 bits per heavy atom. The molecular weight excluding hydrogens is 321 g/mol. The summed E-state index contributed by atoms with van der Waals surface area (Å²) < 4.78 is 42.9. The van der Waals surface area contributed by atoms with Crippen LogP contribution in [0.15, 0.2) is 60.7 Å². The van der Waals surface area contributed by atoms with Crippen molar-refractivity contribution in [2.75, 3.05) is 7.11 Å². The van der Waals surface area contributed by atoms with Crippen LogP contribution in [0.25, 0.3) is 20.9 Å². The minimum atomic E-state index is -4.30. The van der Waals surface area contributed by atoms with Gasteiger partial charge in [0.1, 0.15) is 5.75 Å². The predicted octanol–water partition coefficient (Wildman–Crippen LogP) is 6.11. The Kier molecular flexibility index (Phi) is 4.13. The maximum absolute atomic E-state index is 12.6. The topological polar surface area (TPSA) is 9.23 Å². The number of alkyl halides is 3. The zero-order chi connectivity index (χ0) is 16.4. The van der Waals surface area contributed by atoms with E-state index in [2.05, 4.69) is 0 Å². The van der Waals surface area contributed by atoms with Gasteiger partial charge < -0.3 is 4.74 Å². The second kappa shape index (κ2) is 6.08. The fourth-order valence-corrected chi connectivity index (χ4v) is 3.24. The highest BCUT2D eigenvalue weighted by Gasteiger charge is 2.29. The van der Waals surface area contributed by atoms with Gasteiger partial charge in [0.05, 0.1) is 12.7 Å². The molecule has 3 aromatic rings. The minimum Gasteiger partial charge on any atom is -0.497 e. The van der Waals surface area contributed by atoms with Crippen molar-refractivity contribution in [1.29, 1.82) is 0 Å². The molecule has 23 heavy (non-hydrogen) atoms. The second-order valence-corrected chi connectivity index (χ2v) is 6.05. The maximum atomic E-state index is 12.6. The van der Waals surface area contributed by atoms with Crippen molar-refractivity contribution >= 4 is 11.3 Å². The van der Waals surface area contributed by atoms with Crippen LogP contribution in [0.3, 0.4) is 0 Å². The molecule has 0 fully saturated rings. The van der Waals surface area contributed by atoms with E-state index in [9.17, 15) is 13.2 Å². The average Bonchev–Trinajstić information content (AvgIpc) is 3.04. The number of hydrogen-bond donors (Lipinski definition) is 0. The fraction of sp³-hybridized carbons (Fsp3) is 0.111. The summed E-state index contributed by atoms with van der Waals surface area (Å²) >= 11 is 1.54. The molecule has 0 aliphatic rings. The Labute approximate surface area is 136 Å². The second-order valence-electron chi connectivity index (χ2n) is 4.97. The van der Waals surface area contributed by atoms with Crippen molar-refractivity contribution in [2.24, 2.45) is 0 Å². The van der Waals surface area contributed by atoms with Gasteiger partial charge in [0.15, 0.2) is 0 Å². The monoisotopic (exact) mass is 334 g/mol. The molecule has 0 saturated carbocycles. The van der Waals surface area contributed by atoms with Gasteiger partial charge in [0, 0.05) is 9.75 Å². The Balaban J connectivity index is 1.86. The van der Waals surface area contributed by atoms with E-state index in [4.69, 9.17) is 4.74 Å². The lowest BCUT2D eigenvalue weighted by Gasteiger charge is -2.06. The number of thiophene rings is 1. The Morgan fingerprint density at radius 3 is 1.65 bits per heavy atom. The molecule has 0 aliphatic carbocycles. The molecule has 0 unspecified atom stereocenters. The normalized spacial score (nSPS) is 11.5. The van der Waals surface area contributed by atoms with Gasteiger partial charge in [-0.1, -0.05) is 12.1 Å². The van der Waals surface area contributed by atoms with Crippen LogP contribution in [0.5, 0.6) is 5.75 Å². The summed E-state index contributed by atoms with van der Waals surface area (Å²) in [5.41, 5.74) is 1.20. The molecule has 0 atom stereocenters. The van der Waals surface area contributed by atoms with Crippen LogP contribution in [0.2, 0.25) is 0 Å². The van der Waals surface area contributed by atoms with Crippen LogP contribution >= 0.6 is 11.3 Å². The Bertz CT molecular complexity index is 786. The molecule has 118 valence electrons. The molecule has 0 N–H and O–H groups in total. The molecule has 3 rings (SSSR count). The van der Waals surface area contributed by atoms with E-state index in [-0.39, 0.29) is 0 Å². The molecule has 0 spiro atoms. The number of ether oxygens (including phenoxy) is 1. The van der Waals surface area contributed by atoms with Gasteiger partial charge in [-0.3, -0.25) is 0 Å². The molecule has 1 aromatic heterocycles. The quantitative estimate of drug-likeness (QED) is 0.561. The minimum absolute atomic E-state index is 0.631. The zero-order valence-electron chi connectivity index (χ0n) is 12.2. The van der Waals surface area contributed by atoms with Crippen molar-refractivity contribution < 1.29 is 17.9 Å². The van der Waals surface area contributed by atoms with E-state index >= 15 is 0 Å². The van der Waals surface area contributed by atoms with Gasteiger partial charge in [0.2, 0.25) is 0 Å². The first-order chi connectivity index (χ1) is 11.0. The van der Waals surface area contributed by atoms with Crippen LogP contribution < -0.4 is 4.74 Å². The molecule has 1 nitrogen and oxygen atoms in total. The van der Waals surface area contributed by atoms with Gasteiger partial charge in [-0.15, -0.1) is 11.3 Å². The van der Waals surface area contributed by atoms with E-state index in [0.717, 1.165) is 38.8 Å². The van der Waals surface area contributed by atoms with E-state index in [1.165, 1.54) is 12.1 Å². The lowest BCUT2D eigenvalue weighted by atomic mass is 10.1. The summed E-state index contributed by atoms with van der Waals surface area (Å²) in [6.07, 6.45) is -4.30. The van der Waals surface area contributed by atoms with E-state index in [1.54, 1.807) is 18.4 Å². The van der Waals surface area contributed by atoms with Crippen LogP contribution in [-0.2, 0) is 6.18 Å². The van der Waals surface area contributed by atoms with Crippen molar-refractivity contribution in [3.8, 4) is 26.6 Å². The molecule has 0 bridgehead atoms. The highest BCUT2D eigenvalue weighted by molar-refractivity contribution is 7.18. The molecule has 0 radical (unpaired) electrons. The average molecular weight is 334 g/mol. The SMILES string of the molecule is COc1ccc(-c2ccc(-c3ccc(C(F)(F)F)cc3)s2)cc1. The van der Waals surface area contributed by atoms with Crippen LogP contribution in [0, 0.1) is 0 Å². The Hall–Kier alpha value is -2.27. The highest BCUT2D eigenvalue weighted by atomic mass is 32.1. The van der Waals surface area contributed by atoms with Crippen molar-refractivity contribution in [3.05, 3.63) is 66.2 Å². The number of methoxy groups -OCH3 is 1. The molecule has 2 aromatic carbocycles. The maximum Gasteiger partial charge on any atom is 0.416 e. The van der Waals surface area contributed by atoms with Crippen LogP contribution in [0.1, 0.15) is 5.56 Å². The zero-order valence-corrected chi connectivity index (χ0v) is 13.0. The molecule has 1 heterocycles. The van der Waals surface area contributed by atoms with Crippen molar-refractivity contribution in [2.45, 2.75) is 6.18 Å². The molecule has 5 heteroatoms. The van der Waals surface area contributed by atoms with E-state index in [0.29, 0.717) is 0 Å². The Morgan fingerprint density at radius 2 is 1.22 bits per heavy atom. The van der Waals surface area contributed by atoms with Crippen LogP contribution in [0.4, 0.5) is 13.2 Å². The fourth-order valence-electron chi connectivity index (χ4n) is 2.23. The smallest absolute Gasteiger partial charge is 0.416 e.